The van der Waals surface area contributed by atoms with Gasteiger partial charge in [0, 0.05) is 48.4 Å². The zero-order chi connectivity index (χ0) is 36.1. The molecule has 262 valence electrons. The number of ether oxygens (including phenoxy) is 2. The van der Waals surface area contributed by atoms with Crippen molar-refractivity contribution in [2.75, 3.05) is 26.2 Å². The normalized spacial score (nSPS) is 11.6. The minimum absolute atomic E-state index is 0.233. The van der Waals surface area contributed by atoms with Crippen LogP contribution in [0.1, 0.15) is 62.3 Å². The molecule has 2 heterocycles. The first-order valence-electron chi connectivity index (χ1n) is 16.2. The Morgan fingerprint density at radius 1 is 0.560 bits per heavy atom. The summed E-state index contributed by atoms with van der Waals surface area (Å²) in [5.74, 6) is 0.744. The number of aromatic nitrogens is 4. The van der Waals surface area contributed by atoms with E-state index in [0.717, 1.165) is 11.1 Å². The minimum atomic E-state index is -0.594. The molecule has 0 spiro atoms. The van der Waals surface area contributed by atoms with E-state index in [1.54, 1.807) is 77.9 Å². The maximum Gasteiger partial charge on any atom is 0.407 e. The van der Waals surface area contributed by atoms with Crippen LogP contribution >= 0.6 is 0 Å². The number of aromatic amines is 2. The average molecular weight is 683 g/mol. The Hall–Kier alpha value is -5.92. The number of rotatable bonds is 10. The maximum atomic E-state index is 12.7. The Bertz CT molecular complexity index is 1870. The van der Waals surface area contributed by atoms with E-state index in [4.69, 9.17) is 9.47 Å². The molecule has 2 aromatic heterocycles. The molecule has 0 fully saturated rings. The molecule has 0 aliphatic heterocycles. The largest absolute Gasteiger partial charge is 0.444 e. The van der Waals surface area contributed by atoms with E-state index in [0.29, 0.717) is 44.8 Å². The molecule has 50 heavy (non-hydrogen) atoms. The number of benzene rings is 3. The Morgan fingerprint density at radius 2 is 0.920 bits per heavy atom. The number of H-pyrrole nitrogens is 2. The third-order valence-electron chi connectivity index (χ3n) is 7.08. The number of nitrogens with zero attached hydrogens (tertiary/aromatic N) is 2. The highest BCUT2D eigenvalue weighted by atomic mass is 16.6. The Morgan fingerprint density at radius 3 is 1.28 bits per heavy atom. The summed E-state index contributed by atoms with van der Waals surface area (Å²) in [5.41, 5.74) is 4.27. The van der Waals surface area contributed by atoms with Crippen LogP contribution in [0.2, 0.25) is 0 Å². The standard InChI is InChI=1S/C36H42N8O6/c1-35(2,3)49-33(47)39-17-15-37-31(45)23-11-13-25-27(19-23)43-29(41-25)21-7-9-22(10-8-21)30-42-26-14-12-24(20-28(26)44-30)32(46)38-16-18-40-34(48)50-36(4,5)6/h7-14,19-20H,15-18H2,1-6H3,(H,37,45)(H,38,46)(H,39,47)(H,40,48)(H,41,43)(H,42,44). The fraction of sp³-hybridized carbons (Fsp3) is 0.333. The van der Waals surface area contributed by atoms with Crippen LogP contribution in [0.15, 0.2) is 60.7 Å². The molecule has 3 aromatic carbocycles. The summed E-state index contributed by atoms with van der Waals surface area (Å²) in [6.45, 7) is 11.6. The quantitative estimate of drug-likeness (QED) is 0.107. The highest BCUT2D eigenvalue weighted by Gasteiger charge is 2.17. The summed E-state index contributed by atoms with van der Waals surface area (Å²) in [4.78, 5) is 64.9. The molecule has 0 unspecified atom stereocenters. The number of fused-ring (bicyclic) bond motifs is 2. The van der Waals surface area contributed by atoms with Crippen LogP contribution in [0, 0.1) is 0 Å². The van der Waals surface area contributed by atoms with Gasteiger partial charge in [-0.3, -0.25) is 9.59 Å². The summed E-state index contributed by atoms with van der Waals surface area (Å²) in [5, 5.41) is 10.8. The maximum absolute atomic E-state index is 12.7. The molecule has 0 radical (unpaired) electrons. The SMILES string of the molecule is CC(C)(C)OC(=O)NCCNC(=O)c1ccc2nc(-c3ccc(-c4nc5ccc(C(=O)NCCNC(=O)OC(C)(C)C)cc5[nH]4)cc3)[nH]c2c1. The number of carbonyl (C=O) groups is 4. The van der Waals surface area contributed by atoms with Gasteiger partial charge in [0.1, 0.15) is 22.9 Å². The van der Waals surface area contributed by atoms with E-state index >= 15 is 0 Å². The molecule has 0 bridgehead atoms. The number of amides is 4. The van der Waals surface area contributed by atoms with Gasteiger partial charge in [-0.15, -0.1) is 0 Å². The highest BCUT2D eigenvalue weighted by Crippen LogP contribution is 2.26. The molecular weight excluding hydrogens is 640 g/mol. The molecule has 4 amide bonds. The molecule has 14 heteroatoms. The molecule has 0 saturated heterocycles. The van der Waals surface area contributed by atoms with Gasteiger partial charge < -0.3 is 40.7 Å². The van der Waals surface area contributed by atoms with Crippen molar-refractivity contribution in [3.05, 3.63) is 71.8 Å². The minimum Gasteiger partial charge on any atom is -0.444 e. The Labute approximate surface area is 289 Å². The van der Waals surface area contributed by atoms with E-state index in [2.05, 4.69) is 41.2 Å². The van der Waals surface area contributed by atoms with Gasteiger partial charge in [0.15, 0.2) is 0 Å². The smallest absolute Gasteiger partial charge is 0.407 e. The fourth-order valence-corrected chi connectivity index (χ4v) is 4.87. The van der Waals surface area contributed by atoms with Gasteiger partial charge in [0.25, 0.3) is 11.8 Å². The first-order valence-corrected chi connectivity index (χ1v) is 16.2. The van der Waals surface area contributed by atoms with Crippen LogP contribution in [-0.4, -0.2) is 81.3 Å². The first-order chi connectivity index (χ1) is 23.6. The summed E-state index contributed by atoms with van der Waals surface area (Å²) in [7, 11) is 0. The number of nitrogens with one attached hydrogen (secondary N) is 6. The first kappa shape index (κ1) is 35.4. The Kier molecular flexibility index (Phi) is 10.4. The lowest BCUT2D eigenvalue weighted by atomic mass is 10.1. The van der Waals surface area contributed by atoms with Gasteiger partial charge in [-0.2, -0.15) is 0 Å². The van der Waals surface area contributed by atoms with Gasteiger partial charge in [-0.25, -0.2) is 19.6 Å². The third-order valence-corrected chi connectivity index (χ3v) is 7.08. The van der Waals surface area contributed by atoms with Crippen LogP contribution < -0.4 is 21.3 Å². The van der Waals surface area contributed by atoms with Crippen LogP contribution in [0.5, 0.6) is 0 Å². The summed E-state index contributed by atoms with van der Waals surface area (Å²) in [6, 6.07) is 18.1. The zero-order valence-electron chi connectivity index (χ0n) is 28.9. The van der Waals surface area contributed by atoms with Gasteiger partial charge in [-0.05, 0) is 77.9 Å². The lowest BCUT2D eigenvalue weighted by Crippen LogP contribution is -2.37. The summed E-state index contributed by atoms with van der Waals surface area (Å²) >= 11 is 0. The van der Waals surface area contributed by atoms with Crippen LogP contribution in [0.25, 0.3) is 44.8 Å². The molecule has 0 atom stereocenters. The predicted molar refractivity (Wildman–Crippen MR) is 190 cm³/mol. The van der Waals surface area contributed by atoms with Crippen molar-refractivity contribution >= 4 is 46.1 Å². The molecule has 5 rings (SSSR count). The van der Waals surface area contributed by atoms with E-state index in [1.165, 1.54) is 0 Å². The van der Waals surface area contributed by atoms with Crippen molar-refractivity contribution in [1.29, 1.82) is 0 Å². The number of hydrogen-bond acceptors (Lipinski definition) is 8. The highest BCUT2D eigenvalue weighted by molar-refractivity contribution is 5.98. The number of alkyl carbamates (subject to hydrolysis) is 2. The van der Waals surface area contributed by atoms with Crippen LogP contribution in [0.4, 0.5) is 9.59 Å². The monoisotopic (exact) mass is 682 g/mol. The van der Waals surface area contributed by atoms with E-state index in [1.807, 2.05) is 24.3 Å². The van der Waals surface area contributed by atoms with Gasteiger partial charge in [0.2, 0.25) is 0 Å². The number of imidazole rings is 2. The number of carbonyl (C=O) groups excluding carboxylic acids is 4. The second kappa shape index (κ2) is 14.7. The van der Waals surface area contributed by atoms with Crippen molar-refractivity contribution in [3.8, 4) is 22.8 Å². The van der Waals surface area contributed by atoms with Crippen LogP contribution in [-0.2, 0) is 9.47 Å². The second-order valence-corrected chi connectivity index (χ2v) is 13.6. The van der Waals surface area contributed by atoms with Crippen molar-refractivity contribution in [1.82, 2.24) is 41.2 Å². The molecule has 14 nitrogen and oxygen atoms in total. The van der Waals surface area contributed by atoms with Crippen molar-refractivity contribution < 1.29 is 28.7 Å². The average Bonchev–Trinajstić information content (AvgIpc) is 3.67. The number of hydrogen-bond donors (Lipinski definition) is 6. The predicted octanol–water partition coefficient (Wildman–Crippen LogP) is 5.28. The summed E-state index contributed by atoms with van der Waals surface area (Å²) < 4.78 is 10.4. The Balaban J connectivity index is 1.17. The van der Waals surface area contributed by atoms with Crippen LogP contribution in [0.3, 0.4) is 0 Å². The lowest BCUT2D eigenvalue weighted by molar-refractivity contribution is 0.0516. The van der Waals surface area contributed by atoms with E-state index < -0.39 is 23.4 Å². The van der Waals surface area contributed by atoms with Gasteiger partial charge in [0.05, 0.1) is 22.1 Å². The molecular formula is C36H42N8O6. The molecule has 0 aliphatic carbocycles. The molecule has 0 aliphatic rings. The topological polar surface area (TPSA) is 192 Å². The molecule has 0 saturated carbocycles. The van der Waals surface area contributed by atoms with Crippen molar-refractivity contribution in [2.24, 2.45) is 0 Å². The zero-order valence-corrected chi connectivity index (χ0v) is 28.9. The lowest BCUT2D eigenvalue weighted by Gasteiger charge is -2.19. The fourth-order valence-electron chi connectivity index (χ4n) is 4.87. The van der Waals surface area contributed by atoms with Crippen molar-refractivity contribution in [3.63, 3.8) is 0 Å². The van der Waals surface area contributed by atoms with Gasteiger partial charge >= 0.3 is 12.2 Å². The molecule has 5 aromatic rings. The van der Waals surface area contributed by atoms with E-state index in [-0.39, 0.29) is 38.0 Å². The molecule has 6 N–H and O–H groups in total. The second-order valence-electron chi connectivity index (χ2n) is 13.6. The third kappa shape index (κ3) is 9.58. The van der Waals surface area contributed by atoms with Crippen molar-refractivity contribution in [2.45, 2.75) is 52.7 Å². The van der Waals surface area contributed by atoms with E-state index in [9.17, 15) is 19.2 Å². The summed E-state index contributed by atoms with van der Waals surface area (Å²) in [6.07, 6.45) is -1.08. The van der Waals surface area contributed by atoms with Gasteiger partial charge in [-0.1, -0.05) is 24.3 Å².